The molecule has 1 atom stereocenters. The van der Waals surface area contributed by atoms with Gasteiger partial charge in [-0.3, -0.25) is 9.59 Å². The second-order valence-corrected chi connectivity index (χ2v) is 4.65. The molecule has 0 aromatic carbocycles. The Morgan fingerprint density at radius 1 is 1.60 bits per heavy atom. The van der Waals surface area contributed by atoms with Crippen LogP contribution in [0.4, 0.5) is 0 Å². The number of aliphatic hydroxyl groups is 1. The third-order valence-electron chi connectivity index (χ3n) is 2.99. The number of aromatic amines is 1. The molecule has 0 radical (unpaired) electrons. The molecule has 0 fully saturated rings. The molecular weight excluding hydrogens is 194 g/mol. The van der Waals surface area contributed by atoms with E-state index in [2.05, 4.69) is 4.98 Å². The summed E-state index contributed by atoms with van der Waals surface area (Å²) >= 11 is 0. The summed E-state index contributed by atoms with van der Waals surface area (Å²) in [5.74, 6) is -0.357. The number of fused-ring (bicyclic) bond motifs is 1. The van der Waals surface area contributed by atoms with Crippen LogP contribution < -0.4 is 0 Å². The van der Waals surface area contributed by atoms with Crippen LogP contribution in [0.1, 0.15) is 40.3 Å². The summed E-state index contributed by atoms with van der Waals surface area (Å²) in [7, 11) is 0. The number of carbonyl (C=O) groups excluding carboxylic acids is 2. The van der Waals surface area contributed by atoms with Gasteiger partial charge < -0.3 is 10.1 Å². The fourth-order valence-corrected chi connectivity index (χ4v) is 2.05. The molecule has 1 heterocycles. The zero-order valence-electron chi connectivity index (χ0n) is 8.70. The van der Waals surface area contributed by atoms with E-state index < -0.39 is 11.5 Å². The average Bonchev–Trinajstić information content (AvgIpc) is 2.56. The predicted octanol–water partition coefficient (Wildman–Crippen LogP) is 0.953. The van der Waals surface area contributed by atoms with Gasteiger partial charge in [0.15, 0.2) is 12.1 Å². The summed E-state index contributed by atoms with van der Waals surface area (Å²) in [6.45, 7) is 3.67. The summed E-state index contributed by atoms with van der Waals surface area (Å²) < 4.78 is 0. The molecular formula is C11H13NO3. The van der Waals surface area contributed by atoms with Crippen molar-refractivity contribution in [2.75, 3.05) is 0 Å². The van der Waals surface area contributed by atoms with E-state index >= 15 is 0 Å². The van der Waals surface area contributed by atoms with Crippen molar-refractivity contribution >= 4 is 12.1 Å². The first-order valence-corrected chi connectivity index (χ1v) is 4.85. The maximum absolute atomic E-state index is 11.8. The Kier molecular flexibility index (Phi) is 2.04. The molecule has 1 aromatic rings. The molecule has 0 saturated heterocycles. The van der Waals surface area contributed by atoms with Gasteiger partial charge in [-0.15, -0.1) is 0 Å². The van der Waals surface area contributed by atoms with Gasteiger partial charge in [-0.05, 0) is 6.42 Å². The smallest absolute Gasteiger partial charge is 0.194 e. The van der Waals surface area contributed by atoms with E-state index in [1.807, 2.05) is 13.8 Å². The number of Topliss-reactive ketones (excluding diaryl/α,β-unsaturated/α-hetero) is 1. The molecule has 2 rings (SSSR count). The van der Waals surface area contributed by atoms with Crippen LogP contribution in [0.5, 0.6) is 0 Å². The zero-order chi connectivity index (χ0) is 11.2. The van der Waals surface area contributed by atoms with E-state index in [0.717, 1.165) is 5.69 Å². The van der Waals surface area contributed by atoms with Crippen molar-refractivity contribution in [1.82, 2.24) is 4.98 Å². The molecule has 0 aliphatic heterocycles. The molecule has 2 N–H and O–H groups in total. The zero-order valence-corrected chi connectivity index (χ0v) is 8.70. The first-order valence-electron chi connectivity index (χ1n) is 4.85. The molecule has 1 unspecified atom stereocenters. The van der Waals surface area contributed by atoms with Crippen molar-refractivity contribution in [2.45, 2.75) is 26.4 Å². The number of rotatable bonds is 1. The molecule has 0 spiro atoms. The molecule has 15 heavy (non-hydrogen) atoms. The molecule has 1 aliphatic rings. The molecule has 1 aromatic heterocycles. The van der Waals surface area contributed by atoms with Crippen LogP contribution in [0.2, 0.25) is 0 Å². The highest BCUT2D eigenvalue weighted by atomic mass is 16.3. The quantitative estimate of drug-likeness (QED) is 0.673. The lowest BCUT2D eigenvalue weighted by molar-refractivity contribution is 0.0334. The van der Waals surface area contributed by atoms with Gasteiger partial charge in [0.2, 0.25) is 0 Å². The Morgan fingerprint density at radius 3 is 2.87 bits per heavy atom. The number of aldehydes is 1. The lowest BCUT2D eigenvalue weighted by Crippen LogP contribution is -2.42. The summed E-state index contributed by atoms with van der Waals surface area (Å²) in [4.78, 5) is 25.5. The van der Waals surface area contributed by atoms with E-state index in [9.17, 15) is 14.7 Å². The molecule has 4 heteroatoms. The van der Waals surface area contributed by atoms with Crippen LogP contribution in [-0.2, 0) is 6.42 Å². The third kappa shape index (κ3) is 1.33. The predicted molar refractivity (Wildman–Crippen MR) is 54.0 cm³/mol. The fourth-order valence-electron chi connectivity index (χ4n) is 2.05. The van der Waals surface area contributed by atoms with Crippen LogP contribution >= 0.6 is 0 Å². The number of ketones is 1. The van der Waals surface area contributed by atoms with E-state index in [4.69, 9.17) is 0 Å². The molecule has 4 nitrogen and oxygen atoms in total. The van der Waals surface area contributed by atoms with E-state index in [-0.39, 0.29) is 5.78 Å². The number of hydrogen-bond donors (Lipinski definition) is 2. The normalized spacial score (nSPS) is 23.7. The van der Waals surface area contributed by atoms with Crippen molar-refractivity contribution < 1.29 is 14.7 Å². The summed E-state index contributed by atoms with van der Waals surface area (Å²) in [5, 5.41) is 9.81. The lowest BCUT2D eigenvalue weighted by Gasteiger charge is -2.33. The summed E-state index contributed by atoms with van der Waals surface area (Å²) in [5.41, 5.74) is 0.966. The minimum Gasteiger partial charge on any atom is -0.384 e. The van der Waals surface area contributed by atoms with Gasteiger partial charge in [-0.2, -0.15) is 0 Å². The SMILES string of the molecule is CC1(C)Cc2[nH]cc(C=O)c2C(=O)C1O. The molecule has 1 aliphatic carbocycles. The van der Waals surface area contributed by atoms with Gasteiger partial charge in [0.25, 0.3) is 0 Å². The van der Waals surface area contributed by atoms with E-state index in [1.165, 1.54) is 6.20 Å². The minimum atomic E-state index is -1.03. The molecule has 0 amide bonds. The monoisotopic (exact) mass is 207 g/mol. The Balaban J connectivity index is 2.57. The molecule has 80 valence electrons. The highest BCUT2D eigenvalue weighted by molar-refractivity contribution is 6.07. The molecule has 0 bridgehead atoms. The largest absolute Gasteiger partial charge is 0.384 e. The lowest BCUT2D eigenvalue weighted by atomic mass is 9.73. The van der Waals surface area contributed by atoms with Crippen LogP contribution in [-0.4, -0.2) is 28.3 Å². The number of hydrogen-bond acceptors (Lipinski definition) is 3. The highest BCUT2D eigenvalue weighted by Gasteiger charge is 2.41. The first-order chi connectivity index (χ1) is 6.97. The third-order valence-corrected chi connectivity index (χ3v) is 2.99. The number of carbonyl (C=O) groups is 2. The number of H-pyrrole nitrogens is 1. The number of aliphatic hydroxyl groups excluding tert-OH is 1. The Bertz CT molecular complexity index is 431. The van der Waals surface area contributed by atoms with E-state index in [0.29, 0.717) is 23.8 Å². The summed E-state index contributed by atoms with van der Waals surface area (Å²) in [6.07, 6.45) is 1.70. The Labute approximate surface area is 87.3 Å². The van der Waals surface area contributed by atoms with Crippen LogP contribution in [0.15, 0.2) is 6.20 Å². The van der Waals surface area contributed by atoms with Crippen LogP contribution in [0, 0.1) is 5.41 Å². The van der Waals surface area contributed by atoms with Crippen molar-refractivity contribution in [3.05, 3.63) is 23.0 Å². The molecule has 0 saturated carbocycles. The maximum atomic E-state index is 11.8. The van der Waals surface area contributed by atoms with Crippen LogP contribution in [0.3, 0.4) is 0 Å². The van der Waals surface area contributed by atoms with Crippen molar-refractivity contribution in [3.63, 3.8) is 0 Å². The Hall–Kier alpha value is -1.42. The van der Waals surface area contributed by atoms with Crippen molar-refractivity contribution in [3.8, 4) is 0 Å². The van der Waals surface area contributed by atoms with Gasteiger partial charge in [-0.1, -0.05) is 13.8 Å². The topological polar surface area (TPSA) is 70.2 Å². The average molecular weight is 207 g/mol. The van der Waals surface area contributed by atoms with Gasteiger partial charge >= 0.3 is 0 Å². The second-order valence-electron chi connectivity index (χ2n) is 4.65. The van der Waals surface area contributed by atoms with Crippen molar-refractivity contribution in [1.29, 1.82) is 0 Å². The summed E-state index contributed by atoms with van der Waals surface area (Å²) in [6, 6.07) is 0. The second kappa shape index (κ2) is 3.03. The Morgan fingerprint density at radius 2 is 2.27 bits per heavy atom. The highest BCUT2D eigenvalue weighted by Crippen LogP contribution is 2.35. The standard InChI is InChI=1S/C11H13NO3/c1-11(2)3-7-8(9(14)10(11)15)6(5-13)4-12-7/h4-5,10,12,15H,3H2,1-2H3. The number of nitrogens with one attached hydrogen (secondary N) is 1. The van der Waals surface area contributed by atoms with E-state index in [1.54, 1.807) is 0 Å². The minimum absolute atomic E-state index is 0.338. The fraction of sp³-hybridized carbons (Fsp3) is 0.455. The van der Waals surface area contributed by atoms with Gasteiger partial charge in [0.05, 0.1) is 5.56 Å². The van der Waals surface area contributed by atoms with Crippen LogP contribution in [0.25, 0.3) is 0 Å². The van der Waals surface area contributed by atoms with Gasteiger partial charge in [0, 0.05) is 22.9 Å². The van der Waals surface area contributed by atoms with Crippen molar-refractivity contribution in [2.24, 2.45) is 5.41 Å². The van der Waals surface area contributed by atoms with Gasteiger partial charge in [0.1, 0.15) is 6.10 Å². The number of aromatic nitrogens is 1. The maximum Gasteiger partial charge on any atom is 0.194 e. The first kappa shape index (κ1) is 10.1. The van der Waals surface area contributed by atoms with Gasteiger partial charge in [-0.25, -0.2) is 0 Å².